The van der Waals surface area contributed by atoms with Gasteiger partial charge in [-0.15, -0.1) is 11.3 Å². The summed E-state index contributed by atoms with van der Waals surface area (Å²) in [6.45, 7) is 4.15. The maximum atomic E-state index is 5.54. The summed E-state index contributed by atoms with van der Waals surface area (Å²) in [5, 5.41) is 6.57. The van der Waals surface area contributed by atoms with Crippen molar-refractivity contribution in [2.75, 3.05) is 26.3 Å². The van der Waals surface area contributed by atoms with Gasteiger partial charge in [0.15, 0.2) is 0 Å². The van der Waals surface area contributed by atoms with Gasteiger partial charge < -0.3 is 15.8 Å². The van der Waals surface area contributed by atoms with Crippen LogP contribution < -0.4 is 11.1 Å². The van der Waals surface area contributed by atoms with Gasteiger partial charge in [-0.05, 0) is 25.3 Å². The SMILES string of the molecule is NCCc1nc(CNCCOCC2CC2)cs1. The Morgan fingerprint density at radius 2 is 2.41 bits per heavy atom. The highest BCUT2D eigenvalue weighted by molar-refractivity contribution is 7.09. The molecule has 0 unspecified atom stereocenters. The molecule has 96 valence electrons. The molecule has 0 aliphatic heterocycles. The molecule has 4 nitrogen and oxygen atoms in total. The minimum atomic E-state index is 0.676. The fraction of sp³-hybridized carbons (Fsp3) is 0.750. The van der Waals surface area contributed by atoms with Gasteiger partial charge in [0, 0.05) is 31.5 Å². The van der Waals surface area contributed by atoms with Crippen molar-refractivity contribution in [1.82, 2.24) is 10.3 Å². The van der Waals surface area contributed by atoms with Gasteiger partial charge in [0.05, 0.1) is 17.3 Å². The van der Waals surface area contributed by atoms with E-state index in [1.807, 2.05) is 0 Å². The van der Waals surface area contributed by atoms with Crippen molar-refractivity contribution >= 4 is 11.3 Å². The van der Waals surface area contributed by atoms with E-state index in [0.717, 1.165) is 49.3 Å². The van der Waals surface area contributed by atoms with Crippen molar-refractivity contribution in [2.24, 2.45) is 11.7 Å². The number of ether oxygens (including phenoxy) is 1. The van der Waals surface area contributed by atoms with Crippen LogP contribution >= 0.6 is 11.3 Å². The molecule has 1 aliphatic rings. The number of hydrogen-bond acceptors (Lipinski definition) is 5. The Morgan fingerprint density at radius 1 is 1.53 bits per heavy atom. The summed E-state index contributed by atoms with van der Waals surface area (Å²) < 4.78 is 5.54. The molecule has 1 aromatic rings. The van der Waals surface area contributed by atoms with Gasteiger partial charge in [0.1, 0.15) is 0 Å². The van der Waals surface area contributed by atoms with Crippen LogP contribution in [0.25, 0.3) is 0 Å². The van der Waals surface area contributed by atoms with Gasteiger partial charge in [-0.1, -0.05) is 0 Å². The van der Waals surface area contributed by atoms with E-state index in [-0.39, 0.29) is 0 Å². The second-order valence-corrected chi connectivity index (χ2v) is 5.41. The fourth-order valence-corrected chi connectivity index (χ4v) is 2.38. The Labute approximate surface area is 107 Å². The van der Waals surface area contributed by atoms with Gasteiger partial charge in [0.2, 0.25) is 0 Å². The molecule has 0 saturated heterocycles. The van der Waals surface area contributed by atoms with Gasteiger partial charge in [0.25, 0.3) is 0 Å². The molecule has 1 aliphatic carbocycles. The molecule has 0 bridgehead atoms. The first-order valence-corrected chi connectivity index (χ1v) is 7.18. The number of nitrogens with zero attached hydrogens (tertiary/aromatic N) is 1. The van der Waals surface area contributed by atoms with Crippen LogP contribution in [-0.4, -0.2) is 31.3 Å². The third-order valence-corrected chi connectivity index (χ3v) is 3.69. The van der Waals surface area contributed by atoms with Crippen LogP contribution in [0.3, 0.4) is 0 Å². The lowest BCUT2D eigenvalue weighted by Gasteiger charge is -2.03. The highest BCUT2D eigenvalue weighted by atomic mass is 32.1. The van der Waals surface area contributed by atoms with Crippen LogP contribution in [0, 0.1) is 5.92 Å². The molecule has 1 fully saturated rings. The number of rotatable bonds is 9. The van der Waals surface area contributed by atoms with E-state index in [2.05, 4.69) is 15.7 Å². The molecule has 0 atom stereocenters. The molecule has 3 N–H and O–H groups in total. The fourth-order valence-electron chi connectivity index (χ4n) is 1.56. The van der Waals surface area contributed by atoms with E-state index >= 15 is 0 Å². The molecule has 0 amide bonds. The van der Waals surface area contributed by atoms with Crippen molar-refractivity contribution in [3.8, 4) is 0 Å². The summed E-state index contributed by atoms with van der Waals surface area (Å²) in [5.41, 5.74) is 6.60. The third-order valence-electron chi connectivity index (χ3n) is 2.74. The standard InChI is InChI=1S/C12H21N3OS/c13-4-3-12-15-11(9-17-12)7-14-5-6-16-8-10-1-2-10/h9-10,14H,1-8,13H2. The minimum Gasteiger partial charge on any atom is -0.380 e. The van der Waals surface area contributed by atoms with E-state index < -0.39 is 0 Å². The van der Waals surface area contributed by atoms with E-state index in [1.54, 1.807) is 11.3 Å². The average Bonchev–Trinajstić information content (AvgIpc) is 3.05. The first-order valence-electron chi connectivity index (χ1n) is 6.30. The van der Waals surface area contributed by atoms with E-state index in [4.69, 9.17) is 10.5 Å². The van der Waals surface area contributed by atoms with Gasteiger partial charge in [-0.25, -0.2) is 4.98 Å². The maximum absolute atomic E-state index is 5.54. The number of hydrogen-bond donors (Lipinski definition) is 2. The number of thiazole rings is 1. The Bertz CT molecular complexity index is 325. The Morgan fingerprint density at radius 3 is 3.18 bits per heavy atom. The van der Waals surface area contributed by atoms with Crippen LogP contribution in [-0.2, 0) is 17.7 Å². The lowest BCUT2D eigenvalue weighted by atomic mass is 10.4. The van der Waals surface area contributed by atoms with E-state index in [9.17, 15) is 0 Å². The Kier molecular flexibility index (Phi) is 5.38. The van der Waals surface area contributed by atoms with Crippen molar-refractivity contribution in [3.63, 3.8) is 0 Å². The monoisotopic (exact) mass is 255 g/mol. The van der Waals surface area contributed by atoms with Gasteiger partial charge in [-0.3, -0.25) is 0 Å². The summed E-state index contributed by atoms with van der Waals surface area (Å²) in [4.78, 5) is 4.49. The topological polar surface area (TPSA) is 60.2 Å². The summed E-state index contributed by atoms with van der Waals surface area (Å²) in [6, 6.07) is 0. The highest BCUT2D eigenvalue weighted by Gasteiger charge is 2.20. The molecule has 17 heavy (non-hydrogen) atoms. The molecule has 2 rings (SSSR count). The number of nitrogens with two attached hydrogens (primary N) is 1. The summed E-state index contributed by atoms with van der Waals surface area (Å²) in [5.74, 6) is 0.854. The van der Waals surface area contributed by atoms with Crippen LogP contribution in [0.15, 0.2) is 5.38 Å². The quantitative estimate of drug-likeness (QED) is 0.650. The predicted octanol–water partition coefficient (Wildman–Crippen LogP) is 1.16. The molecule has 5 heteroatoms. The lowest BCUT2D eigenvalue weighted by molar-refractivity contribution is 0.126. The number of aromatic nitrogens is 1. The summed E-state index contributed by atoms with van der Waals surface area (Å²) in [7, 11) is 0. The van der Waals surface area contributed by atoms with Crippen LogP contribution in [0.5, 0.6) is 0 Å². The largest absolute Gasteiger partial charge is 0.380 e. The Hall–Kier alpha value is -0.490. The molecular formula is C12H21N3OS. The number of nitrogens with one attached hydrogen (secondary N) is 1. The molecule has 0 aromatic carbocycles. The van der Waals surface area contributed by atoms with Crippen molar-refractivity contribution in [2.45, 2.75) is 25.8 Å². The first kappa shape index (κ1) is 13.0. The lowest BCUT2D eigenvalue weighted by Crippen LogP contribution is -2.20. The first-order chi connectivity index (χ1) is 8.38. The summed E-state index contributed by atoms with van der Waals surface area (Å²) >= 11 is 1.69. The second kappa shape index (κ2) is 7.06. The van der Waals surface area contributed by atoms with Crippen molar-refractivity contribution in [3.05, 3.63) is 16.1 Å². The van der Waals surface area contributed by atoms with Crippen molar-refractivity contribution < 1.29 is 4.74 Å². The van der Waals surface area contributed by atoms with Gasteiger partial charge in [-0.2, -0.15) is 0 Å². The predicted molar refractivity (Wildman–Crippen MR) is 70.1 cm³/mol. The molecular weight excluding hydrogens is 234 g/mol. The smallest absolute Gasteiger partial charge is 0.0941 e. The molecule has 0 radical (unpaired) electrons. The molecule has 1 aromatic heterocycles. The third kappa shape index (κ3) is 5.12. The zero-order valence-electron chi connectivity index (χ0n) is 10.2. The normalized spacial score (nSPS) is 15.4. The highest BCUT2D eigenvalue weighted by Crippen LogP contribution is 2.28. The van der Waals surface area contributed by atoms with Crippen LogP contribution in [0.1, 0.15) is 23.5 Å². The minimum absolute atomic E-state index is 0.676. The molecule has 0 spiro atoms. The van der Waals surface area contributed by atoms with E-state index in [0.29, 0.717) is 6.54 Å². The Balaban J connectivity index is 1.50. The zero-order chi connectivity index (χ0) is 11.9. The maximum Gasteiger partial charge on any atom is 0.0941 e. The molecule has 1 saturated carbocycles. The average molecular weight is 255 g/mol. The summed E-state index contributed by atoms with van der Waals surface area (Å²) in [6.07, 6.45) is 3.60. The second-order valence-electron chi connectivity index (χ2n) is 4.47. The van der Waals surface area contributed by atoms with E-state index in [1.165, 1.54) is 12.8 Å². The van der Waals surface area contributed by atoms with Crippen LogP contribution in [0.2, 0.25) is 0 Å². The van der Waals surface area contributed by atoms with Gasteiger partial charge >= 0.3 is 0 Å². The van der Waals surface area contributed by atoms with Crippen LogP contribution in [0.4, 0.5) is 0 Å². The van der Waals surface area contributed by atoms with Crippen molar-refractivity contribution in [1.29, 1.82) is 0 Å². The zero-order valence-corrected chi connectivity index (χ0v) is 11.0. The molecule has 1 heterocycles.